The second-order valence-electron chi connectivity index (χ2n) is 6.53. The summed E-state index contributed by atoms with van der Waals surface area (Å²) in [6.45, 7) is 3.94. The molecular weight excluding hydrogens is 391 g/mol. The van der Waals surface area contributed by atoms with Crippen molar-refractivity contribution in [3.05, 3.63) is 44.5 Å². The molecule has 3 heterocycles. The van der Waals surface area contributed by atoms with E-state index in [1.807, 2.05) is 19.1 Å². The van der Waals surface area contributed by atoms with E-state index in [1.165, 1.54) is 17.8 Å². The Bertz CT molecular complexity index is 933. The molecule has 1 fully saturated rings. The fourth-order valence-corrected chi connectivity index (χ4v) is 5.16. The van der Waals surface area contributed by atoms with Gasteiger partial charge in [0.15, 0.2) is 5.82 Å². The Balaban J connectivity index is 1.84. The highest BCUT2D eigenvalue weighted by Gasteiger charge is 2.31. The van der Waals surface area contributed by atoms with Crippen molar-refractivity contribution >= 4 is 39.5 Å². The van der Waals surface area contributed by atoms with Crippen LogP contribution in [0.15, 0.2) is 18.2 Å². The molecule has 0 aliphatic carbocycles. The molecule has 2 aromatic heterocycles. The molecule has 1 aliphatic heterocycles. The molecular formula is C18H20Cl2N4OS. The number of aromatic nitrogens is 3. The zero-order chi connectivity index (χ0) is 18.3. The van der Waals surface area contributed by atoms with E-state index in [0.717, 1.165) is 48.6 Å². The molecule has 1 saturated heterocycles. The molecule has 1 aromatic carbocycles. The highest BCUT2D eigenvalue weighted by molar-refractivity contribution is 7.17. The monoisotopic (exact) mass is 410 g/mol. The van der Waals surface area contributed by atoms with Gasteiger partial charge in [-0.1, -0.05) is 53.9 Å². The van der Waals surface area contributed by atoms with E-state index in [0.29, 0.717) is 15.0 Å². The summed E-state index contributed by atoms with van der Waals surface area (Å²) in [6.07, 6.45) is 4.26. The van der Waals surface area contributed by atoms with Crippen molar-refractivity contribution in [2.75, 3.05) is 13.1 Å². The number of nitrogens with zero attached hydrogens (tertiary/aromatic N) is 4. The van der Waals surface area contributed by atoms with Crippen molar-refractivity contribution in [1.29, 1.82) is 0 Å². The van der Waals surface area contributed by atoms with Crippen LogP contribution in [0.3, 0.4) is 0 Å². The molecule has 1 aliphatic rings. The third-order valence-corrected chi connectivity index (χ3v) is 6.46. The van der Waals surface area contributed by atoms with Gasteiger partial charge >= 0.3 is 0 Å². The van der Waals surface area contributed by atoms with Gasteiger partial charge in [0.25, 0.3) is 0 Å². The summed E-state index contributed by atoms with van der Waals surface area (Å²) in [6, 6.07) is 5.44. The van der Waals surface area contributed by atoms with E-state index in [4.69, 9.17) is 23.2 Å². The number of fused-ring (bicyclic) bond motifs is 1. The van der Waals surface area contributed by atoms with Crippen molar-refractivity contribution in [1.82, 2.24) is 19.5 Å². The van der Waals surface area contributed by atoms with Crippen LogP contribution in [0, 0.1) is 0 Å². The lowest BCUT2D eigenvalue weighted by Gasteiger charge is -2.34. The number of aromatic hydroxyl groups is 1. The number of piperidine rings is 1. The Hall–Kier alpha value is -1.34. The quantitative estimate of drug-likeness (QED) is 0.661. The molecule has 0 amide bonds. The van der Waals surface area contributed by atoms with Crippen molar-refractivity contribution in [3.63, 3.8) is 0 Å². The molecule has 138 valence electrons. The number of benzene rings is 1. The maximum Gasteiger partial charge on any atom is 0.230 e. The van der Waals surface area contributed by atoms with Gasteiger partial charge in [0.1, 0.15) is 0 Å². The van der Waals surface area contributed by atoms with Crippen LogP contribution >= 0.6 is 34.5 Å². The average Bonchev–Trinajstić information content (AvgIpc) is 3.18. The first-order valence-corrected chi connectivity index (χ1v) is 10.4. The first-order chi connectivity index (χ1) is 12.6. The van der Waals surface area contributed by atoms with E-state index >= 15 is 0 Å². The van der Waals surface area contributed by atoms with Gasteiger partial charge in [-0.3, -0.25) is 4.90 Å². The maximum absolute atomic E-state index is 10.9. The third kappa shape index (κ3) is 3.20. The first-order valence-electron chi connectivity index (χ1n) is 8.84. The second-order valence-corrected chi connectivity index (χ2v) is 8.38. The minimum absolute atomic E-state index is 0.126. The molecule has 0 bridgehead atoms. The molecule has 0 saturated carbocycles. The molecule has 26 heavy (non-hydrogen) atoms. The predicted octanol–water partition coefficient (Wildman–Crippen LogP) is 4.94. The Labute approximate surface area is 166 Å². The topological polar surface area (TPSA) is 53.7 Å². The number of halogens is 2. The summed E-state index contributed by atoms with van der Waals surface area (Å²) in [4.78, 5) is 8.42. The largest absolute Gasteiger partial charge is 0.492 e. The number of aryl methyl sites for hydroxylation is 1. The van der Waals surface area contributed by atoms with Gasteiger partial charge in [-0.15, -0.1) is 5.10 Å². The van der Waals surface area contributed by atoms with Crippen molar-refractivity contribution in [2.24, 2.45) is 0 Å². The molecule has 3 aromatic rings. The van der Waals surface area contributed by atoms with Crippen LogP contribution in [0.1, 0.15) is 48.5 Å². The zero-order valence-corrected chi connectivity index (χ0v) is 16.8. The Morgan fingerprint density at radius 3 is 2.65 bits per heavy atom. The summed E-state index contributed by atoms with van der Waals surface area (Å²) in [5, 5.41) is 16.5. The van der Waals surface area contributed by atoms with Crippen LogP contribution in [0.4, 0.5) is 0 Å². The average molecular weight is 411 g/mol. The van der Waals surface area contributed by atoms with Gasteiger partial charge in [0, 0.05) is 16.5 Å². The SMILES string of the molecule is CCc1nc2sc([C@H](c3ccc(Cl)cc3Cl)N3CCCCC3)c(O)n2n1. The normalized spacial score (nSPS) is 17.0. The lowest BCUT2D eigenvalue weighted by molar-refractivity contribution is 0.186. The summed E-state index contributed by atoms with van der Waals surface area (Å²) in [7, 11) is 0. The second kappa shape index (κ2) is 7.35. The van der Waals surface area contributed by atoms with Crippen LogP contribution in [0.5, 0.6) is 5.88 Å². The maximum atomic E-state index is 10.9. The predicted molar refractivity (Wildman–Crippen MR) is 106 cm³/mol. The molecule has 1 atom stereocenters. The summed E-state index contributed by atoms with van der Waals surface area (Å²) in [5.41, 5.74) is 0.952. The van der Waals surface area contributed by atoms with E-state index in [9.17, 15) is 5.11 Å². The van der Waals surface area contributed by atoms with E-state index in [-0.39, 0.29) is 11.9 Å². The fraction of sp³-hybridized carbons (Fsp3) is 0.444. The van der Waals surface area contributed by atoms with Crippen molar-refractivity contribution in [2.45, 2.75) is 38.6 Å². The lowest BCUT2D eigenvalue weighted by Crippen LogP contribution is -2.34. The Morgan fingerprint density at radius 1 is 1.23 bits per heavy atom. The minimum Gasteiger partial charge on any atom is -0.492 e. The summed E-state index contributed by atoms with van der Waals surface area (Å²) >= 11 is 14.1. The van der Waals surface area contributed by atoms with Gasteiger partial charge < -0.3 is 5.11 Å². The summed E-state index contributed by atoms with van der Waals surface area (Å²) in [5.74, 6) is 0.885. The van der Waals surface area contributed by atoms with Gasteiger partial charge in [0.2, 0.25) is 10.8 Å². The highest BCUT2D eigenvalue weighted by Crippen LogP contribution is 2.43. The third-order valence-electron chi connectivity index (χ3n) is 4.82. The number of thiazole rings is 1. The van der Waals surface area contributed by atoms with Gasteiger partial charge in [-0.2, -0.15) is 4.52 Å². The van der Waals surface area contributed by atoms with Crippen molar-refractivity contribution < 1.29 is 5.11 Å². The zero-order valence-electron chi connectivity index (χ0n) is 14.5. The molecule has 5 nitrogen and oxygen atoms in total. The number of rotatable bonds is 4. The van der Waals surface area contributed by atoms with E-state index in [2.05, 4.69) is 15.0 Å². The number of hydrogen-bond acceptors (Lipinski definition) is 5. The molecule has 4 rings (SSSR count). The van der Waals surface area contributed by atoms with Gasteiger partial charge in [0.05, 0.1) is 10.9 Å². The Morgan fingerprint density at radius 2 is 2.00 bits per heavy atom. The van der Waals surface area contributed by atoms with Crippen LogP contribution in [0.2, 0.25) is 10.0 Å². The smallest absolute Gasteiger partial charge is 0.230 e. The molecule has 0 spiro atoms. The van der Waals surface area contributed by atoms with Crippen LogP contribution < -0.4 is 0 Å². The summed E-state index contributed by atoms with van der Waals surface area (Å²) < 4.78 is 1.54. The highest BCUT2D eigenvalue weighted by atomic mass is 35.5. The lowest BCUT2D eigenvalue weighted by atomic mass is 10.0. The van der Waals surface area contributed by atoms with Gasteiger partial charge in [-0.25, -0.2) is 4.98 Å². The fourth-order valence-electron chi connectivity index (χ4n) is 3.52. The number of likely N-dealkylation sites (tertiary alicyclic amines) is 1. The molecule has 0 unspecified atom stereocenters. The molecule has 0 radical (unpaired) electrons. The van der Waals surface area contributed by atoms with Gasteiger partial charge in [-0.05, 0) is 43.6 Å². The van der Waals surface area contributed by atoms with Crippen LogP contribution in [-0.4, -0.2) is 37.7 Å². The van der Waals surface area contributed by atoms with Crippen LogP contribution in [0.25, 0.3) is 4.96 Å². The standard InChI is InChI=1S/C18H20Cl2N4OS/c1-2-14-21-18-24(22-14)17(25)16(26-18)15(23-8-4-3-5-9-23)12-7-6-11(19)10-13(12)20/h6-7,10,15,25H,2-5,8-9H2,1H3/t15-/m0/s1. The minimum atomic E-state index is -0.126. The molecule has 1 N–H and O–H groups in total. The molecule has 8 heteroatoms. The first kappa shape index (κ1) is 18.0. The van der Waals surface area contributed by atoms with E-state index in [1.54, 1.807) is 10.6 Å². The van der Waals surface area contributed by atoms with Crippen molar-refractivity contribution in [3.8, 4) is 5.88 Å². The van der Waals surface area contributed by atoms with E-state index < -0.39 is 0 Å². The number of hydrogen-bond donors (Lipinski definition) is 1. The Kier molecular flexibility index (Phi) is 5.10. The van der Waals surface area contributed by atoms with Crippen LogP contribution in [-0.2, 0) is 6.42 Å².